The molecule has 0 bridgehead atoms. The Morgan fingerprint density at radius 3 is 2.39 bits per heavy atom. The molecule has 1 aromatic rings. The molecule has 100 valence electrons. The average molecular weight is 260 g/mol. The van der Waals surface area contributed by atoms with Crippen molar-refractivity contribution in [2.45, 2.75) is 32.1 Å². The molecule has 0 spiro atoms. The van der Waals surface area contributed by atoms with Crippen LogP contribution in [0.15, 0.2) is 12.4 Å². The van der Waals surface area contributed by atoms with Crippen LogP contribution in [0.25, 0.3) is 0 Å². The molecule has 1 fully saturated rings. The van der Waals surface area contributed by atoms with Crippen molar-refractivity contribution >= 4 is 5.82 Å². The van der Waals surface area contributed by atoms with Crippen LogP contribution in [0, 0.1) is 0 Å². The molecule has 0 saturated carbocycles. The van der Waals surface area contributed by atoms with Crippen LogP contribution in [0.5, 0.6) is 0 Å². The van der Waals surface area contributed by atoms with Crippen molar-refractivity contribution in [3.05, 3.63) is 18.1 Å². The molecule has 2 heterocycles. The fourth-order valence-corrected chi connectivity index (χ4v) is 2.16. The monoisotopic (exact) mass is 260 g/mol. The van der Waals surface area contributed by atoms with Gasteiger partial charge in [-0.3, -0.25) is 4.98 Å². The first-order valence-electron chi connectivity index (χ1n) is 5.76. The lowest BCUT2D eigenvalue weighted by Gasteiger charge is -2.36. The number of anilines is 1. The molecule has 1 aliphatic heterocycles. The maximum atomic E-state index is 12.6. The van der Waals surface area contributed by atoms with Gasteiger partial charge in [0.05, 0.1) is 12.4 Å². The Bertz CT molecular complexity index is 411. The number of halogens is 3. The summed E-state index contributed by atoms with van der Waals surface area (Å²) in [6.45, 7) is 5.23. The molecule has 2 rings (SSSR count). The van der Waals surface area contributed by atoms with E-state index in [0.717, 1.165) is 6.20 Å². The summed E-state index contributed by atoms with van der Waals surface area (Å²) in [6, 6.07) is 0.426. The molecule has 0 aliphatic carbocycles. The van der Waals surface area contributed by atoms with Crippen molar-refractivity contribution in [1.29, 1.82) is 0 Å². The molecule has 0 unspecified atom stereocenters. The zero-order valence-corrected chi connectivity index (χ0v) is 10.2. The van der Waals surface area contributed by atoms with Crippen molar-refractivity contribution in [3.63, 3.8) is 0 Å². The van der Waals surface area contributed by atoms with E-state index in [-0.39, 0.29) is 17.9 Å². The van der Waals surface area contributed by atoms with Gasteiger partial charge in [-0.25, -0.2) is 4.98 Å². The standard InChI is InChI=1S/C11H15F3N4/c1-7-5-18(6-8(2)16-7)10-4-15-3-9(17-10)11(12,13)14/h3-4,7-8,16H,5-6H2,1-2H3/t7-,8-/m1/s1. The Morgan fingerprint density at radius 1 is 1.22 bits per heavy atom. The molecule has 0 amide bonds. The van der Waals surface area contributed by atoms with Crippen molar-refractivity contribution < 1.29 is 13.2 Å². The first-order chi connectivity index (χ1) is 8.36. The van der Waals surface area contributed by atoms with E-state index >= 15 is 0 Å². The van der Waals surface area contributed by atoms with Crippen LogP contribution < -0.4 is 10.2 Å². The number of hydrogen-bond donors (Lipinski definition) is 1. The highest BCUT2D eigenvalue weighted by Crippen LogP contribution is 2.28. The molecule has 0 radical (unpaired) electrons. The van der Waals surface area contributed by atoms with Crippen molar-refractivity contribution in [2.75, 3.05) is 18.0 Å². The zero-order valence-electron chi connectivity index (χ0n) is 10.2. The second-order valence-electron chi connectivity index (χ2n) is 4.63. The highest BCUT2D eigenvalue weighted by Gasteiger charge is 2.34. The van der Waals surface area contributed by atoms with Crippen LogP contribution in [0.1, 0.15) is 19.5 Å². The van der Waals surface area contributed by atoms with E-state index < -0.39 is 11.9 Å². The van der Waals surface area contributed by atoms with Gasteiger partial charge in [0, 0.05) is 25.2 Å². The largest absolute Gasteiger partial charge is 0.434 e. The summed E-state index contributed by atoms with van der Waals surface area (Å²) in [6.07, 6.45) is -2.33. The van der Waals surface area contributed by atoms with Gasteiger partial charge in [0.2, 0.25) is 0 Å². The van der Waals surface area contributed by atoms with Gasteiger partial charge in [-0.05, 0) is 13.8 Å². The van der Waals surface area contributed by atoms with E-state index in [2.05, 4.69) is 15.3 Å². The highest BCUT2D eigenvalue weighted by atomic mass is 19.4. The fourth-order valence-electron chi connectivity index (χ4n) is 2.16. The fraction of sp³-hybridized carbons (Fsp3) is 0.636. The Hall–Kier alpha value is -1.37. The van der Waals surface area contributed by atoms with Crippen LogP contribution in [0.3, 0.4) is 0 Å². The summed E-state index contributed by atoms with van der Waals surface area (Å²) in [5.74, 6) is 0.282. The molecule has 1 N–H and O–H groups in total. The van der Waals surface area contributed by atoms with Gasteiger partial charge in [-0.1, -0.05) is 0 Å². The summed E-state index contributed by atoms with van der Waals surface area (Å²) in [5, 5.41) is 3.31. The van der Waals surface area contributed by atoms with Gasteiger partial charge < -0.3 is 10.2 Å². The molecule has 4 nitrogen and oxygen atoms in total. The third kappa shape index (κ3) is 2.90. The third-order valence-electron chi connectivity index (χ3n) is 2.79. The SMILES string of the molecule is C[C@@H]1CN(c2cncc(C(F)(F)F)n2)C[C@@H](C)N1. The number of rotatable bonds is 1. The smallest absolute Gasteiger partial charge is 0.352 e. The van der Waals surface area contributed by atoms with Crippen LogP contribution in [-0.2, 0) is 6.18 Å². The predicted octanol–water partition coefficient (Wildman–Crippen LogP) is 1.68. The van der Waals surface area contributed by atoms with Crippen LogP contribution >= 0.6 is 0 Å². The van der Waals surface area contributed by atoms with Gasteiger partial charge in [0.25, 0.3) is 0 Å². The molecule has 1 aliphatic rings. The van der Waals surface area contributed by atoms with Crippen LogP contribution in [0.4, 0.5) is 19.0 Å². The minimum atomic E-state index is -4.45. The van der Waals surface area contributed by atoms with Gasteiger partial charge in [0.1, 0.15) is 5.82 Å². The van der Waals surface area contributed by atoms with E-state index in [1.54, 1.807) is 0 Å². The average Bonchev–Trinajstić information content (AvgIpc) is 2.27. The first kappa shape index (κ1) is 13.1. The van der Waals surface area contributed by atoms with Crippen LogP contribution in [-0.4, -0.2) is 35.1 Å². The topological polar surface area (TPSA) is 41.1 Å². The first-order valence-corrected chi connectivity index (χ1v) is 5.76. The number of piperazine rings is 1. The molecule has 7 heteroatoms. The van der Waals surface area contributed by atoms with Gasteiger partial charge in [0.15, 0.2) is 5.69 Å². The van der Waals surface area contributed by atoms with Crippen molar-refractivity contribution in [1.82, 2.24) is 15.3 Å². The summed E-state index contributed by atoms with van der Waals surface area (Å²) < 4.78 is 37.7. The molecular formula is C11H15F3N4. The van der Waals surface area contributed by atoms with E-state index in [0.29, 0.717) is 13.1 Å². The lowest BCUT2D eigenvalue weighted by molar-refractivity contribution is -0.141. The Kier molecular flexibility index (Phi) is 3.43. The van der Waals surface area contributed by atoms with E-state index in [9.17, 15) is 13.2 Å². The second-order valence-corrected chi connectivity index (χ2v) is 4.63. The quantitative estimate of drug-likeness (QED) is 0.834. The number of nitrogens with one attached hydrogen (secondary N) is 1. The Balaban J connectivity index is 2.23. The zero-order chi connectivity index (χ0) is 13.3. The van der Waals surface area contributed by atoms with E-state index in [1.165, 1.54) is 6.20 Å². The summed E-state index contributed by atoms with van der Waals surface area (Å²) in [7, 11) is 0. The molecule has 1 aromatic heterocycles. The Labute approximate surface area is 103 Å². The normalized spacial score (nSPS) is 25.3. The van der Waals surface area contributed by atoms with E-state index in [4.69, 9.17) is 0 Å². The summed E-state index contributed by atoms with van der Waals surface area (Å²) >= 11 is 0. The minimum Gasteiger partial charge on any atom is -0.352 e. The van der Waals surface area contributed by atoms with Gasteiger partial charge in [-0.2, -0.15) is 13.2 Å². The van der Waals surface area contributed by atoms with E-state index in [1.807, 2.05) is 18.7 Å². The maximum absolute atomic E-state index is 12.6. The molecule has 18 heavy (non-hydrogen) atoms. The van der Waals surface area contributed by atoms with Crippen molar-refractivity contribution in [3.8, 4) is 0 Å². The van der Waals surface area contributed by atoms with Crippen molar-refractivity contribution in [2.24, 2.45) is 0 Å². The third-order valence-corrected chi connectivity index (χ3v) is 2.79. The van der Waals surface area contributed by atoms with Gasteiger partial charge in [-0.15, -0.1) is 0 Å². The molecule has 0 aromatic carbocycles. The number of aromatic nitrogens is 2. The summed E-state index contributed by atoms with van der Waals surface area (Å²) in [4.78, 5) is 9.11. The highest BCUT2D eigenvalue weighted by molar-refractivity contribution is 5.38. The lowest BCUT2D eigenvalue weighted by Crippen LogP contribution is -2.54. The number of hydrogen-bond acceptors (Lipinski definition) is 4. The maximum Gasteiger partial charge on any atom is 0.434 e. The van der Waals surface area contributed by atoms with Gasteiger partial charge >= 0.3 is 6.18 Å². The number of nitrogens with zero attached hydrogens (tertiary/aromatic N) is 3. The molecular weight excluding hydrogens is 245 g/mol. The molecule has 1 saturated heterocycles. The number of alkyl halides is 3. The van der Waals surface area contributed by atoms with Crippen LogP contribution in [0.2, 0.25) is 0 Å². The minimum absolute atomic E-state index is 0.213. The predicted molar refractivity (Wildman–Crippen MR) is 61.3 cm³/mol. The second kappa shape index (κ2) is 4.72. The Morgan fingerprint density at radius 2 is 1.83 bits per heavy atom. The lowest BCUT2D eigenvalue weighted by atomic mass is 10.1. The summed E-state index contributed by atoms with van der Waals surface area (Å²) in [5.41, 5.74) is -0.946. The molecule has 2 atom stereocenters.